The molecule has 2 aromatic rings. The molecule has 1 amide bonds. The Hall–Kier alpha value is -3.05. The summed E-state index contributed by atoms with van der Waals surface area (Å²) >= 11 is 0. The molecule has 8 heteroatoms. The van der Waals surface area contributed by atoms with E-state index < -0.39 is 0 Å². The Morgan fingerprint density at radius 2 is 2.15 bits per heavy atom. The fourth-order valence-corrected chi connectivity index (χ4v) is 2.88. The molecule has 0 unspecified atom stereocenters. The van der Waals surface area contributed by atoms with E-state index in [1.807, 2.05) is 0 Å². The van der Waals surface area contributed by atoms with Crippen molar-refractivity contribution in [1.29, 1.82) is 5.26 Å². The van der Waals surface area contributed by atoms with E-state index in [-0.39, 0.29) is 30.0 Å². The summed E-state index contributed by atoms with van der Waals surface area (Å²) in [5.74, 6) is 0.371. The molecule has 8 nitrogen and oxygen atoms in total. The van der Waals surface area contributed by atoms with Gasteiger partial charge >= 0.3 is 0 Å². The van der Waals surface area contributed by atoms with Crippen molar-refractivity contribution in [1.82, 2.24) is 15.5 Å². The Morgan fingerprint density at radius 1 is 1.38 bits per heavy atom. The molecular weight excluding hydrogens is 336 g/mol. The zero-order chi connectivity index (χ0) is 18.5. The van der Waals surface area contributed by atoms with Gasteiger partial charge in [-0.05, 0) is 31.2 Å². The van der Waals surface area contributed by atoms with Gasteiger partial charge in [-0.1, -0.05) is 0 Å². The predicted octanol–water partition coefficient (Wildman–Crippen LogP) is 0.778. The lowest BCUT2D eigenvalue weighted by atomic mass is 10.1. The molecule has 2 heterocycles. The van der Waals surface area contributed by atoms with Crippen LogP contribution in [0.5, 0.6) is 5.75 Å². The molecule has 1 aromatic heterocycles. The van der Waals surface area contributed by atoms with Gasteiger partial charge in [-0.3, -0.25) is 14.7 Å². The van der Waals surface area contributed by atoms with E-state index in [9.17, 15) is 9.59 Å². The van der Waals surface area contributed by atoms with E-state index in [1.165, 1.54) is 0 Å². The summed E-state index contributed by atoms with van der Waals surface area (Å²) in [6.45, 7) is 2.63. The highest BCUT2D eigenvalue weighted by Gasteiger charge is 2.29. The zero-order valence-electron chi connectivity index (χ0n) is 14.4. The molecule has 1 fully saturated rings. The van der Waals surface area contributed by atoms with Crippen molar-refractivity contribution in [3.05, 3.63) is 51.4 Å². The number of carbonyl (C=O) groups is 1. The van der Waals surface area contributed by atoms with Gasteiger partial charge in [0, 0.05) is 17.7 Å². The first kappa shape index (κ1) is 17.8. The topological polar surface area (TPSA) is 120 Å². The van der Waals surface area contributed by atoms with Gasteiger partial charge < -0.3 is 19.9 Å². The monoisotopic (exact) mass is 356 g/mol. The predicted molar refractivity (Wildman–Crippen MR) is 92.8 cm³/mol. The third kappa shape index (κ3) is 4.13. The fraction of sp³-hybridized carbons (Fsp3) is 0.389. The number of ether oxygens (including phenoxy) is 2. The number of nitrogens with one attached hydrogen (secondary N) is 3. The standard InChI is InChI=1S/C18H20N4O4/c1-11-14(18(24)22-21-11)8-17(23)20-15-10-25-7-6-16(15)26-13-4-2-12(9-19)3-5-13/h2-5,15-16H,6-8,10H2,1H3,(H,20,23)(H2,21,22,24)/t15-,16-/m1/s1. The number of carbonyl (C=O) groups excluding carboxylic acids is 1. The maximum Gasteiger partial charge on any atom is 0.267 e. The van der Waals surface area contributed by atoms with E-state index in [4.69, 9.17) is 14.7 Å². The summed E-state index contributed by atoms with van der Waals surface area (Å²) < 4.78 is 11.4. The maximum absolute atomic E-state index is 12.3. The van der Waals surface area contributed by atoms with E-state index >= 15 is 0 Å². The first-order valence-corrected chi connectivity index (χ1v) is 8.37. The minimum Gasteiger partial charge on any atom is -0.488 e. The van der Waals surface area contributed by atoms with Crippen molar-refractivity contribution in [2.45, 2.75) is 31.9 Å². The summed E-state index contributed by atoms with van der Waals surface area (Å²) in [5.41, 5.74) is 1.34. The van der Waals surface area contributed by atoms with Crippen LogP contribution in [-0.2, 0) is 16.0 Å². The second kappa shape index (κ2) is 7.89. The van der Waals surface area contributed by atoms with E-state index in [1.54, 1.807) is 31.2 Å². The second-order valence-electron chi connectivity index (χ2n) is 6.19. The molecule has 26 heavy (non-hydrogen) atoms. The van der Waals surface area contributed by atoms with Gasteiger partial charge in [-0.25, -0.2) is 0 Å². The highest BCUT2D eigenvalue weighted by atomic mass is 16.5. The average molecular weight is 356 g/mol. The maximum atomic E-state index is 12.3. The average Bonchev–Trinajstić information content (AvgIpc) is 2.96. The van der Waals surface area contributed by atoms with Crippen LogP contribution in [0, 0.1) is 18.3 Å². The Bertz CT molecular complexity index is 863. The van der Waals surface area contributed by atoms with Gasteiger partial charge in [0.15, 0.2) is 0 Å². The minimum absolute atomic E-state index is 0.00917. The van der Waals surface area contributed by atoms with Crippen molar-refractivity contribution in [2.75, 3.05) is 13.2 Å². The lowest BCUT2D eigenvalue weighted by molar-refractivity contribution is -0.123. The van der Waals surface area contributed by atoms with Crippen LogP contribution in [0.15, 0.2) is 29.1 Å². The first-order chi connectivity index (χ1) is 12.6. The molecule has 136 valence electrons. The van der Waals surface area contributed by atoms with Crippen LogP contribution in [0.4, 0.5) is 0 Å². The molecule has 1 aliphatic heterocycles. The van der Waals surface area contributed by atoms with Gasteiger partial charge in [0.1, 0.15) is 11.9 Å². The highest BCUT2D eigenvalue weighted by molar-refractivity contribution is 5.79. The molecule has 1 aromatic carbocycles. The second-order valence-corrected chi connectivity index (χ2v) is 6.19. The summed E-state index contributed by atoms with van der Waals surface area (Å²) in [5, 5.41) is 16.9. The van der Waals surface area contributed by atoms with E-state index in [0.717, 1.165) is 0 Å². The molecule has 0 bridgehead atoms. The van der Waals surface area contributed by atoms with E-state index in [0.29, 0.717) is 42.2 Å². The molecule has 0 spiro atoms. The molecule has 3 rings (SSSR count). The number of hydrogen-bond donors (Lipinski definition) is 3. The van der Waals surface area contributed by atoms with Crippen molar-refractivity contribution < 1.29 is 14.3 Å². The number of amides is 1. The van der Waals surface area contributed by atoms with Gasteiger partial charge in [-0.15, -0.1) is 0 Å². The number of H-pyrrole nitrogens is 2. The van der Waals surface area contributed by atoms with Crippen LogP contribution in [0.1, 0.15) is 23.2 Å². The lowest BCUT2D eigenvalue weighted by Gasteiger charge is -2.32. The van der Waals surface area contributed by atoms with E-state index in [2.05, 4.69) is 21.6 Å². The first-order valence-electron chi connectivity index (χ1n) is 8.37. The van der Waals surface area contributed by atoms with Crippen LogP contribution in [0.3, 0.4) is 0 Å². The van der Waals surface area contributed by atoms with Gasteiger partial charge in [0.05, 0.1) is 37.3 Å². The number of benzene rings is 1. The number of hydrogen-bond acceptors (Lipinski definition) is 5. The van der Waals surface area contributed by atoms with Crippen molar-refractivity contribution in [3.63, 3.8) is 0 Å². The number of rotatable bonds is 5. The third-order valence-electron chi connectivity index (χ3n) is 4.34. The van der Waals surface area contributed by atoms with Crippen LogP contribution in [0.2, 0.25) is 0 Å². The van der Waals surface area contributed by atoms with Gasteiger partial charge in [0.2, 0.25) is 5.91 Å². The van der Waals surface area contributed by atoms with Gasteiger partial charge in [0.25, 0.3) is 5.56 Å². The summed E-state index contributed by atoms with van der Waals surface area (Å²) in [4.78, 5) is 24.0. The van der Waals surface area contributed by atoms with Crippen LogP contribution in [0.25, 0.3) is 0 Å². The molecular formula is C18H20N4O4. The molecule has 1 aliphatic rings. The fourth-order valence-electron chi connectivity index (χ4n) is 2.88. The largest absolute Gasteiger partial charge is 0.488 e. The number of aryl methyl sites for hydroxylation is 1. The molecule has 1 saturated heterocycles. The molecule has 2 atom stereocenters. The SMILES string of the molecule is Cc1[nH][nH]c(=O)c1CC(=O)N[C@@H]1COCC[C@H]1Oc1ccc(C#N)cc1. The summed E-state index contributed by atoms with van der Waals surface area (Å²) in [6.07, 6.45) is 0.380. The summed E-state index contributed by atoms with van der Waals surface area (Å²) in [7, 11) is 0. The van der Waals surface area contributed by atoms with Crippen molar-refractivity contribution >= 4 is 5.91 Å². The third-order valence-corrected chi connectivity index (χ3v) is 4.34. The smallest absolute Gasteiger partial charge is 0.267 e. The Balaban J connectivity index is 1.63. The van der Waals surface area contributed by atoms with Crippen molar-refractivity contribution in [2.24, 2.45) is 0 Å². The minimum atomic E-state index is -0.315. The Kier molecular flexibility index (Phi) is 5.39. The van der Waals surface area contributed by atoms with Gasteiger partial charge in [-0.2, -0.15) is 5.26 Å². The van der Waals surface area contributed by atoms with Crippen LogP contribution in [-0.4, -0.2) is 41.5 Å². The molecule has 3 N–H and O–H groups in total. The van der Waals surface area contributed by atoms with Crippen LogP contribution < -0.4 is 15.6 Å². The number of aromatic nitrogens is 2. The quantitative estimate of drug-likeness (QED) is 0.731. The summed E-state index contributed by atoms with van der Waals surface area (Å²) in [6, 6.07) is 8.58. The Labute approximate surface area is 150 Å². The Morgan fingerprint density at radius 3 is 2.81 bits per heavy atom. The normalized spacial score (nSPS) is 19.5. The zero-order valence-corrected chi connectivity index (χ0v) is 14.4. The number of aromatic amines is 2. The molecule has 0 radical (unpaired) electrons. The lowest BCUT2D eigenvalue weighted by Crippen LogP contribution is -2.52. The molecule has 0 saturated carbocycles. The highest BCUT2D eigenvalue weighted by Crippen LogP contribution is 2.19. The molecule has 0 aliphatic carbocycles. The number of nitriles is 1. The van der Waals surface area contributed by atoms with Crippen molar-refractivity contribution in [3.8, 4) is 11.8 Å². The number of nitrogens with zero attached hydrogens (tertiary/aromatic N) is 1. The van der Waals surface area contributed by atoms with Crippen LogP contribution >= 0.6 is 0 Å².